The summed E-state index contributed by atoms with van der Waals surface area (Å²) in [6.07, 6.45) is 0.913. The first-order valence-corrected chi connectivity index (χ1v) is 8.13. The predicted octanol–water partition coefficient (Wildman–Crippen LogP) is 0.860. The number of carbonyl (C=O) groups is 2. The first-order chi connectivity index (χ1) is 10.3. The van der Waals surface area contributed by atoms with Gasteiger partial charge in [-0.05, 0) is 19.8 Å². The fraction of sp³-hybridized carbons (Fsp3) is 0.538. The molecule has 9 heteroatoms. The van der Waals surface area contributed by atoms with E-state index in [-0.39, 0.29) is 29.5 Å². The Balaban J connectivity index is 2.32. The molecule has 1 saturated heterocycles. The van der Waals surface area contributed by atoms with Crippen LogP contribution in [0, 0.1) is 12.8 Å². The number of ether oxygens (including phenoxy) is 1. The van der Waals surface area contributed by atoms with E-state index in [9.17, 15) is 18.0 Å². The minimum atomic E-state index is -3.91. The van der Waals surface area contributed by atoms with E-state index in [1.54, 1.807) is 0 Å². The lowest BCUT2D eigenvalue weighted by atomic mass is 10.0. The topological polar surface area (TPSA) is 114 Å². The van der Waals surface area contributed by atoms with Crippen LogP contribution < -0.4 is 0 Å². The number of nitrogens with zero attached hydrogens (tertiary/aromatic N) is 1. The van der Waals surface area contributed by atoms with Crippen molar-refractivity contribution in [2.75, 3.05) is 20.2 Å². The molecular weight excluding hydrogens is 314 g/mol. The summed E-state index contributed by atoms with van der Waals surface area (Å²) in [7, 11) is -2.75. The molecule has 1 fully saturated rings. The van der Waals surface area contributed by atoms with Crippen molar-refractivity contribution in [3.05, 3.63) is 17.6 Å². The third-order valence-electron chi connectivity index (χ3n) is 3.61. The second kappa shape index (κ2) is 6.09. The maximum Gasteiger partial charge on any atom is 0.373 e. The summed E-state index contributed by atoms with van der Waals surface area (Å²) in [5.74, 6) is -2.65. The Hall–Kier alpha value is -1.87. The van der Waals surface area contributed by atoms with Crippen molar-refractivity contribution < 1.29 is 32.3 Å². The fourth-order valence-corrected chi connectivity index (χ4v) is 4.11. The zero-order chi connectivity index (χ0) is 16.5. The molecule has 8 nitrogen and oxygen atoms in total. The molecule has 1 N–H and O–H groups in total. The molecule has 2 rings (SSSR count). The van der Waals surface area contributed by atoms with Crippen LogP contribution in [0.1, 0.15) is 29.2 Å². The molecule has 0 bridgehead atoms. The molecule has 0 radical (unpaired) electrons. The first kappa shape index (κ1) is 16.5. The Kier molecular flexibility index (Phi) is 4.57. The van der Waals surface area contributed by atoms with Crippen LogP contribution in [-0.4, -0.2) is 50.0 Å². The average molecular weight is 331 g/mol. The van der Waals surface area contributed by atoms with E-state index in [1.807, 2.05) is 0 Å². The van der Waals surface area contributed by atoms with Crippen molar-refractivity contribution in [2.24, 2.45) is 5.92 Å². The number of aryl methyl sites for hydroxylation is 1. The Morgan fingerprint density at radius 1 is 1.45 bits per heavy atom. The van der Waals surface area contributed by atoms with Gasteiger partial charge in [0.15, 0.2) is 0 Å². The minimum Gasteiger partial charge on any atom is -0.481 e. The van der Waals surface area contributed by atoms with Crippen molar-refractivity contribution in [3.8, 4) is 0 Å². The van der Waals surface area contributed by atoms with E-state index in [2.05, 4.69) is 4.74 Å². The maximum atomic E-state index is 12.6. The molecule has 0 saturated carbocycles. The molecule has 1 aliphatic heterocycles. The third-order valence-corrected chi connectivity index (χ3v) is 5.58. The zero-order valence-electron chi connectivity index (χ0n) is 12.2. The van der Waals surface area contributed by atoms with Crippen LogP contribution in [0.5, 0.6) is 0 Å². The highest BCUT2D eigenvalue weighted by Crippen LogP contribution is 2.28. The Morgan fingerprint density at radius 2 is 2.14 bits per heavy atom. The number of aliphatic carboxylic acids is 1. The van der Waals surface area contributed by atoms with E-state index in [1.165, 1.54) is 6.92 Å². The SMILES string of the molecule is COC(=O)c1cc(S(=O)(=O)N2CCCC(C(=O)O)C2)c(C)o1. The molecule has 122 valence electrons. The lowest BCUT2D eigenvalue weighted by molar-refractivity contribution is -0.142. The molecule has 22 heavy (non-hydrogen) atoms. The number of rotatable bonds is 4. The van der Waals surface area contributed by atoms with Gasteiger partial charge in [-0.3, -0.25) is 4.79 Å². The second-order valence-electron chi connectivity index (χ2n) is 5.06. The number of sulfonamides is 1. The molecule has 2 heterocycles. The highest BCUT2D eigenvalue weighted by molar-refractivity contribution is 7.89. The van der Waals surface area contributed by atoms with E-state index in [0.29, 0.717) is 12.8 Å². The summed E-state index contributed by atoms with van der Waals surface area (Å²) >= 11 is 0. The van der Waals surface area contributed by atoms with Crippen molar-refractivity contribution in [2.45, 2.75) is 24.7 Å². The summed E-state index contributed by atoms with van der Waals surface area (Å²) in [6, 6.07) is 1.11. The average Bonchev–Trinajstić information content (AvgIpc) is 2.89. The van der Waals surface area contributed by atoms with Crippen molar-refractivity contribution in [1.29, 1.82) is 0 Å². The number of hydrogen-bond acceptors (Lipinski definition) is 6. The molecule has 0 amide bonds. The third kappa shape index (κ3) is 3.00. The predicted molar refractivity (Wildman–Crippen MR) is 73.9 cm³/mol. The van der Waals surface area contributed by atoms with Crippen LogP contribution in [0.25, 0.3) is 0 Å². The summed E-state index contributed by atoms with van der Waals surface area (Å²) in [4.78, 5) is 22.3. The molecule has 0 aromatic carbocycles. The highest BCUT2D eigenvalue weighted by atomic mass is 32.2. The number of methoxy groups -OCH3 is 1. The largest absolute Gasteiger partial charge is 0.481 e. The van der Waals surface area contributed by atoms with Crippen molar-refractivity contribution >= 4 is 22.0 Å². The van der Waals surface area contributed by atoms with Crippen molar-refractivity contribution in [3.63, 3.8) is 0 Å². The summed E-state index contributed by atoms with van der Waals surface area (Å²) in [5, 5.41) is 9.05. The zero-order valence-corrected chi connectivity index (χ0v) is 13.1. The standard InChI is InChI=1S/C13H17NO7S/c1-8-11(6-10(21-8)13(17)20-2)22(18,19)14-5-3-4-9(7-14)12(15)16/h6,9H,3-5,7H2,1-2H3,(H,15,16). The minimum absolute atomic E-state index is 0.0675. The van der Waals surface area contributed by atoms with Gasteiger partial charge in [-0.25, -0.2) is 13.2 Å². The Bertz CT molecular complexity index is 691. The van der Waals surface area contributed by atoms with Gasteiger partial charge in [0.05, 0.1) is 13.0 Å². The van der Waals surface area contributed by atoms with Gasteiger partial charge >= 0.3 is 11.9 Å². The van der Waals surface area contributed by atoms with Crippen LogP contribution >= 0.6 is 0 Å². The molecule has 0 aliphatic carbocycles. The number of carboxylic acids is 1. The molecule has 1 aromatic rings. The van der Waals surface area contributed by atoms with Crippen molar-refractivity contribution in [1.82, 2.24) is 4.31 Å². The van der Waals surface area contributed by atoms with Crippen LogP contribution in [0.15, 0.2) is 15.4 Å². The van der Waals surface area contributed by atoms with Gasteiger partial charge in [-0.1, -0.05) is 0 Å². The number of piperidine rings is 1. The first-order valence-electron chi connectivity index (χ1n) is 6.69. The molecule has 0 spiro atoms. The van der Waals surface area contributed by atoms with E-state index in [4.69, 9.17) is 9.52 Å². The lowest BCUT2D eigenvalue weighted by Gasteiger charge is -2.29. The number of carboxylic acid groups (broad SMARTS) is 1. The molecule has 1 aromatic heterocycles. The van der Waals surface area contributed by atoms with Gasteiger partial charge in [-0.15, -0.1) is 0 Å². The van der Waals surface area contributed by atoms with Gasteiger partial charge < -0.3 is 14.3 Å². The lowest BCUT2D eigenvalue weighted by Crippen LogP contribution is -2.42. The van der Waals surface area contributed by atoms with Gasteiger partial charge in [0.1, 0.15) is 10.7 Å². The summed E-state index contributed by atoms with van der Waals surface area (Å²) in [5.41, 5.74) is 0. The van der Waals surface area contributed by atoms with E-state index >= 15 is 0 Å². The number of carbonyl (C=O) groups excluding carboxylic acids is 1. The normalized spacial score (nSPS) is 19.8. The van der Waals surface area contributed by atoms with Crippen LogP contribution in [-0.2, 0) is 19.6 Å². The number of furan rings is 1. The fourth-order valence-electron chi connectivity index (χ4n) is 2.42. The quantitative estimate of drug-likeness (QED) is 0.814. The van der Waals surface area contributed by atoms with Crippen LogP contribution in [0.3, 0.4) is 0 Å². The summed E-state index contributed by atoms with van der Waals surface area (Å²) in [6.45, 7) is 1.58. The molecular formula is C13H17NO7S. The number of esters is 1. The van der Waals surface area contributed by atoms with Gasteiger partial charge in [-0.2, -0.15) is 4.31 Å². The van der Waals surface area contributed by atoms with Crippen LogP contribution in [0.4, 0.5) is 0 Å². The molecule has 1 unspecified atom stereocenters. The van der Waals surface area contributed by atoms with Crippen LogP contribution in [0.2, 0.25) is 0 Å². The molecule has 1 atom stereocenters. The number of hydrogen-bond donors (Lipinski definition) is 1. The second-order valence-corrected chi connectivity index (χ2v) is 6.97. The van der Waals surface area contributed by atoms with Gasteiger partial charge in [0.25, 0.3) is 0 Å². The highest BCUT2D eigenvalue weighted by Gasteiger charge is 2.35. The Labute approximate surface area is 127 Å². The van der Waals surface area contributed by atoms with Gasteiger partial charge in [0, 0.05) is 19.2 Å². The smallest absolute Gasteiger partial charge is 0.373 e. The molecule has 1 aliphatic rings. The summed E-state index contributed by atoms with van der Waals surface area (Å²) < 4.78 is 36.0. The Morgan fingerprint density at radius 3 is 2.73 bits per heavy atom. The van der Waals surface area contributed by atoms with E-state index < -0.39 is 27.9 Å². The monoisotopic (exact) mass is 331 g/mol. The maximum absolute atomic E-state index is 12.6. The van der Waals surface area contributed by atoms with E-state index in [0.717, 1.165) is 17.5 Å². The van der Waals surface area contributed by atoms with Gasteiger partial charge in [0.2, 0.25) is 15.8 Å².